The van der Waals surface area contributed by atoms with E-state index in [1.807, 2.05) is 6.92 Å². The Hall–Kier alpha value is -1.69. The summed E-state index contributed by atoms with van der Waals surface area (Å²) in [6, 6.07) is 1.34. The van der Waals surface area contributed by atoms with Crippen molar-refractivity contribution in [3.8, 4) is 5.75 Å². The van der Waals surface area contributed by atoms with E-state index in [2.05, 4.69) is 0 Å². The summed E-state index contributed by atoms with van der Waals surface area (Å²) in [5.74, 6) is -3.22. The highest BCUT2D eigenvalue weighted by Gasteiger charge is 2.59. The number of hydrogen-bond donors (Lipinski definition) is 1. The summed E-state index contributed by atoms with van der Waals surface area (Å²) < 4.78 is 33.0. The molecule has 6 heteroatoms. The number of rotatable bonds is 4. The molecular formula is C18H23F2NO3. The van der Waals surface area contributed by atoms with Crippen LogP contribution in [0.4, 0.5) is 8.78 Å². The van der Waals surface area contributed by atoms with Gasteiger partial charge in [0.25, 0.3) is 5.91 Å². The Labute approximate surface area is 140 Å². The SMILES string of the molecule is CCO[C@H]1C[C@@H](N(C)C(=O)c2c(O)cc(F)cc2F)C12CCCC2. The van der Waals surface area contributed by atoms with Crippen molar-refractivity contribution >= 4 is 5.91 Å². The molecule has 24 heavy (non-hydrogen) atoms. The second-order valence-corrected chi connectivity index (χ2v) is 6.83. The molecule has 0 unspecified atom stereocenters. The molecule has 2 aliphatic carbocycles. The summed E-state index contributed by atoms with van der Waals surface area (Å²) in [6.07, 6.45) is 4.99. The average Bonchev–Trinajstić information content (AvgIpc) is 3.02. The minimum atomic E-state index is -1.04. The summed E-state index contributed by atoms with van der Waals surface area (Å²) in [7, 11) is 1.62. The molecule has 0 saturated heterocycles. The van der Waals surface area contributed by atoms with Crippen LogP contribution in [-0.2, 0) is 4.74 Å². The summed E-state index contributed by atoms with van der Waals surface area (Å²) in [5.41, 5.74) is -0.543. The third-order valence-electron chi connectivity index (χ3n) is 5.68. The van der Waals surface area contributed by atoms with Crippen molar-refractivity contribution in [2.45, 2.75) is 51.2 Å². The zero-order valence-corrected chi connectivity index (χ0v) is 14.0. The van der Waals surface area contributed by atoms with E-state index in [9.17, 15) is 18.7 Å². The molecule has 2 atom stereocenters. The molecule has 0 radical (unpaired) electrons. The lowest BCUT2D eigenvalue weighted by Crippen LogP contribution is -2.64. The van der Waals surface area contributed by atoms with Gasteiger partial charge in [-0.3, -0.25) is 4.79 Å². The molecule has 3 rings (SSSR count). The highest BCUT2D eigenvalue weighted by Crippen LogP contribution is 2.56. The van der Waals surface area contributed by atoms with Crippen LogP contribution in [0.1, 0.15) is 49.4 Å². The number of hydrogen-bond acceptors (Lipinski definition) is 3. The van der Waals surface area contributed by atoms with Gasteiger partial charge in [0.2, 0.25) is 0 Å². The van der Waals surface area contributed by atoms with Crippen molar-refractivity contribution in [3.05, 3.63) is 29.3 Å². The molecule has 0 heterocycles. The fourth-order valence-electron chi connectivity index (χ4n) is 4.48. The maximum atomic E-state index is 14.0. The Bertz CT molecular complexity index is 620. The summed E-state index contributed by atoms with van der Waals surface area (Å²) >= 11 is 0. The van der Waals surface area contributed by atoms with Crippen molar-refractivity contribution in [1.82, 2.24) is 4.90 Å². The molecule has 2 fully saturated rings. The van der Waals surface area contributed by atoms with Crippen molar-refractivity contribution in [2.75, 3.05) is 13.7 Å². The molecular weight excluding hydrogens is 316 g/mol. The monoisotopic (exact) mass is 339 g/mol. The van der Waals surface area contributed by atoms with Gasteiger partial charge in [0, 0.05) is 37.2 Å². The first kappa shape index (κ1) is 17.1. The van der Waals surface area contributed by atoms with Crippen LogP contribution in [-0.4, -0.2) is 41.7 Å². The standard InChI is InChI=1S/C18H23F2NO3/c1-3-24-15-10-14(18(15)6-4-5-7-18)21(2)17(23)16-12(20)8-11(19)9-13(16)22/h8-9,14-15,22H,3-7,10H2,1-2H3/t14-,15+/m1/s1. The third-order valence-corrected chi connectivity index (χ3v) is 5.68. The highest BCUT2D eigenvalue weighted by molar-refractivity contribution is 5.97. The maximum Gasteiger partial charge on any atom is 0.260 e. The fraction of sp³-hybridized carbons (Fsp3) is 0.611. The molecule has 132 valence electrons. The smallest absolute Gasteiger partial charge is 0.260 e. The second kappa shape index (κ2) is 6.31. The van der Waals surface area contributed by atoms with Gasteiger partial charge in [0.1, 0.15) is 22.9 Å². The van der Waals surface area contributed by atoms with Crippen LogP contribution in [0.25, 0.3) is 0 Å². The minimum absolute atomic E-state index is 0.0482. The van der Waals surface area contributed by atoms with Crippen molar-refractivity contribution in [3.63, 3.8) is 0 Å². The number of phenolic OH excluding ortho intramolecular Hbond substituents is 1. The lowest BCUT2D eigenvalue weighted by Gasteiger charge is -2.57. The molecule has 1 aromatic rings. The van der Waals surface area contributed by atoms with Gasteiger partial charge in [-0.15, -0.1) is 0 Å². The minimum Gasteiger partial charge on any atom is -0.507 e. The Morgan fingerprint density at radius 3 is 2.62 bits per heavy atom. The first-order valence-electron chi connectivity index (χ1n) is 8.47. The quantitative estimate of drug-likeness (QED) is 0.914. The topological polar surface area (TPSA) is 49.8 Å². The van der Waals surface area contributed by atoms with Crippen LogP contribution in [0, 0.1) is 17.0 Å². The van der Waals surface area contributed by atoms with Crippen molar-refractivity contribution in [1.29, 1.82) is 0 Å². The van der Waals surface area contributed by atoms with E-state index in [1.165, 1.54) is 4.90 Å². The number of halogens is 2. The molecule has 1 N–H and O–H groups in total. The Kier molecular flexibility index (Phi) is 4.51. The van der Waals surface area contributed by atoms with Gasteiger partial charge in [-0.25, -0.2) is 8.78 Å². The number of amides is 1. The van der Waals surface area contributed by atoms with Crippen LogP contribution in [0.2, 0.25) is 0 Å². The van der Waals surface area contributed by atoms with E-state index in [1.54, 1.807) is 7.05 Å². The van der Waals surface area contributed by atoms with Crippen LogP contribution in [0.15, 0.2) is 12.1 Å². The number of benzene rings is 1. The molecule has 1 spiro atoms. The largest absolute Gasteiger partial charge is 0.507 e. The van der Waals surface area contributed by atoms with Crippen LogP contribution in [0.3, 0.4) is 0 Å². The first-order chi connectivity index (χ1) is 11.4. The summed E-state index contributed by atoms with van der Waals surface area (Å²) in [6.45, 7) is 2.58. The number of carbonyl (C=O) groups is 1. The van der Waals surface area contributed by atoms with E-state index in [-0.39, 0.29) is 17.6 Å². The number of aromatic hydroxyl groups is 1. The number of phenols is 1. The molecule has 2 aliphatic rings. The normalized spacial score (nSPS) is 24.8. The Morgan fingerprint density at radius 2 is 2.04 bits per heavy atom. The predicted octanol–water partition coefficient (Wildman–Crippen LogP) is 3.48. The van der Waals surface area contributed by atoms with E-state index in [0.717, 1.165) is 31.7 Å². The lowest BCUT2D eigenvalue weighted by atomic mass is 9.60. The summed E-state index contributed by atoms with van der Waals surface area (Å²) in [5, 5.41) is 9.80. The van der Waals surface area contributed by atoms with Crippen molar-refractivity contribution in [2.24, 2.45) is 5.41 Å². The zero-order chi connectivity index (χ0) is 17.5. The van der Waals surface area contributed by atoms with E-state index in [0.29, 0.717) is 19.1 Å². The lowest BCUT2D eigenvalue weighted by molar-refractivity contribution is -0.152. The van der Waals surface area contributed by atoms with Crippen LogP contribution < -0.4 is 0 Å². The van der Waals surface area contributed by atoms with Crippen LogP contribution >= 0.6 is 0 Å². The molecule has 2 saturated carbocycles. The molecule has 1 aromatic carbocycles. The van der Waals surface area contributed by atoms with Gasteiger partial charge in [-0.05, 0) is 26.2 Å². The Balaban J connectivity index is 1.84. The Morgan fingerprint density at radius 1 is 1.38 bits per heavy atom. The predicted molar refractivity (Wildman–Crippen MR) is 84.8 cm³/mol. The second-order valence-electron chi connectivity index (χ2n) is 6.83. The fourth-order valence-corrected chi connectivity index (χ4v) is 4.48. The molecule has 1 amide bonds. The average molecular weight is 339 g/mol. The van der Waals surface area contributed by atoms with E-state index < -0.39 is 28.9 Å². The zero-order valence-electron chi connectivity index (χ0n) is 14.0. The van der Waals surface area contributed by atoms with Gasteiger partial charge in [-0.1, -0.05) is 12.8 Å². The van der Waals surface area contributed by atoms with Gasteiger partial charge in [0.05, 0.1) is 6.10 Å². The van der Waals surface area contributed by atoms with Gasteiger partial charge in [0.15, 0.2) is 0 Å². The van der Waals surface area contributed by atoms with Gasteiger partial charge < -0.3 is 14.7 Å². The van der Waals surface area contributed by atoms with Crippen LogP contribution in [0.5, 0.6) is 5.75 Å². The van der Waals surface area contributed by atoms with Gasteiger partial charge >= 0.3 is 0 Å². The third kappa shape index (κ3) is 2.57. The number of ether oxygens (including phenoxy) is 1. The highest BCUT2D eigenvalue weighted by atomic mass is 19.1. The van der Waals surface area contributed by atoms with E-state index in [4.69, 9.17) is 4.74 Å². The maximum absolute atomic E-state index is 14.0. The molecule has 4 nitrogen and oxygen atoms in total. The summed E-state index contributed by atoms with van der Waals surface area (Å²) in [4.78, 5) is 14.2. The van der Waals surface area contributed by atoms with E-state index >= 15 is 0 Å². The number of nitrogens with zero attached hydrogens (tertiary/aromatic N) is 1. The number of carbonyl (C=O) groups excluding carboxylic acids is 1. The van der Waals surface area contributed by atoms with Gasteiger partial charge in [-0.2, -0.15) is 0 Å². The first-order valence-corrected chi connectivity index (χ1v) is 8.47. The molecule has 0 bridgehead atoms. The molecule has 0 aromatic heterocycles. The van der Waals surface area contributed by atoms with Crippen molar-refractivity contribution < 1.29 is 23.4 Å². The molecule has 0 aliphatic heterocycles.